The Kier molecular flexibility index (Phi) is 9.23. The second kappa shape index (κ2) is 10.00. The maximum Gasteiger partial charge on any atom is 0.437 e. The van der Waals surface area contributed by atoms with Gasteiger partial charge in [0.2, 0.25) is 5.96 Å². The Morgan fingerprint density at radius 2 is 1.48 bits per heavy atom. The van der Waals surface area contributed by atoms with Crippen LogP contribution < -0.4 is 5.32 Å². The Bertz CT molecular complexity index is 641. The van der Waals surface area contributed by atoms with E-state index in [9.17, 15) is 9.59 Å². The fraction of sp³-hybridized carbons (Fsp3) is 0.773. The fourth-order valence-electron chi connectivity index (χ4n) is 2.54. The number of aliphatic imine (C=N–C) groups is 1. The van der Waals surface area contributed by atoms with E-state index in [2.05, 4.69) is 30.1 Å². The third-order valence-corrected chi connectivity index (χ3v) is 3.35. The first-order valence-corrected chi connectivity index (χ1v) is 9.93. The third kappa shape index (κ3) is 11.4. The first-order valence-electron chi connectivity index (χ1n) is 9.93. The molecule has 1 atom stereocenters. The molecule has 0 aliphatic rings. The molecule has 7 nitrogen and oxygen atoms in total. The highest BCUT2D eigenvalue weighted by Crippen LogP contribution is 2.22. The minimum Gasteiger partial charge on any atom is -0.444 e. The van der Waals surface area contributed by atoms with Crippen molar-refractivity contribution in [1.29, 1.82) is 0 Å². The van der Waals surface area contributed by atoms with Gasteiger partial charge in [-0.15, -0.1) is 11.4 Å². The van der Waals surface area contributed by atoms with Gasteiger partial charge in [-0.3, -0.25) is 5.32 Å². The number of amides is 2. The van der Waals surface area contributed by atoms with Gasteiger partial charge >= 0.3 is 12.2 Å². The molecule has 0 spiro atoms. The van der Waals surface area contributed by atoms with Crippen molar-refractivity contribution < 1.29 is 19.1 Å². The minimum atomic E-state index is -0.821. The Hall–Kier alpha value is -2.23. The standard InChI is InChI=1S/C22H39N3O4/c1-13-16(14-15(2)3)25(20(4,5)6)17(23-18(26)28-21(7,8)9)24-19(27)29-22(10,11)12/h1,15-16H,14H2,2-12H3,(H,23,24,26,27). The molecule has 166 valence electrons. The van der Waals surface area contributed by atoms with Gasteiger partial charge < -0.3 is 14.4 Å². The highest BCUT2D eigenvalue weighted by molar-refractivity contribution is 5.99. The molecule has 0 bridgehead atoms. The highest BCUT2D eigenvalue weighted by Gasteiger charge is 2.34. The van der Waals surface area contributed by atoms with Crippen LogP contribution in [0.3, 0.4) is 0 Å². The second-order valence-electron chi connectivity index (χ2n) is 10.4. The lowest BCUT2D eigenvalue weighted by atomic mass is 9.97. The molecule has 1 N–H and O–H groups in total. The summed E-state index contributed by atoms with van der Waals surface area (Å²) < 4.78 is 10.7. The first kappa shape index (κ1) is 26.8. The van der Waals surface area contributed by atoms with Crippen LogP contribution in [0.2, 0.25) is 0 Å². The van der Waals surface area contributed by atoms with Crippen LogP contribution in [0.25, 0.3) is 0 Å². The lowest BCUT2D eigenvalue weighted by Gasteiger charge is -2.42. The average molecular weight is 410 g/mol. The van der Waals surface area contributed by atoms with E-state index in [0.717, 1.165) is 0 Å². The van der Waals surface area contributed by atoms with Crippen LogP contribution in [0.1, 0.15) is 82.6 Å². The zero-order chi connectivity index (χ0) is 23.2. The van der Waals surface area contributed by atoms with E-state index < -0.39 is 35.0 Å². The van der Waals surface area contributed by atoms with Crippen molar-refractivity contribution in [3.8, 4) is 12.3 Å². The number of ether oxygens (including phenoxy) is 2. The second-order valence-corrected chi connectivity index (χ2v) is 10.4. The Morgan fingerprint density at radius 1 is 1.00 bits per heavy atom. The molecule has 0 aromatic carbocycles. The zero-order valence-electron chi connectivity index (χ0n) is 20.0. The average Bonchev–Trinajstić information content (AvgIpc) is 2.39. The Balaban J connectivity index is 6.20. The number of nitrogens with one attached hydrogen (secondary N) is 1. The summed E-state index contributed by atoms with van der Waals surface area (Å²) in [5, 5.41) is 2.60. The van der Waals surface area contributed by atoms with Crippen molar-refractivity contribution >= 4 is 18.1 Å². The van der Waals surface area contributed by atoms with Gasteiger partial charge in [-0.2, -0.15) is 0 Å². The number of carbonyl (C=O) groups is 2. The number of alkyl carbamates (subject to hydrolysis) is 1. The summed E-state index contributed by atoms with van der Waals surface area (Å²) in [4.78, 5) is 30.7. The summed E-state index contributed by atoms with van der Waals surface area (Å²) >= 11 is 0. The van der Waals surface area contributed by atoms with Crippen LogP contribution in [0.5, 0.6) is 0 Å². The van der Waals surface area contributed by atoms with E-state index >= 15 is 0 Å². The number of hydrogen-bond donors (Lipinski definition) is 1. The lowest BCUT2D eigenvalue weighted by molar-refractivity contribution is 0.0544. The van der Waals surface area contributed by atoms with Crippen LogP contribution in [-0.2, 0) is 9.47 Å². The van der Waals surface area contributed by atoms with Crippen LogP contribution in [0, 0.1) is 18.3 Å². The van der Waals surface area contributed by atoms with Gasteiger partial charge in [-0.1, -0.05) is 19.8 Å². The summed E-state index contributed by atoms with van der Waals surface area (Å²) in [7, 11) is 0. The van der Waals surface area contributed by atoms with Crippen LogP contribution in [0.15, 0.2) is 4.99 Å². The number of terminal acetylenes is 1. The van der Waals surface area contributed by atoms with Crippen molar-refractivity contribution in [2.75, 3.05) is 0 Å². The summed E-state index contributed by atoms with van der Waals surface area (Å²) in [6, 6.07) is -0.397. The largest absolute Gasteiger partial charge is 0.444 e. The molecule has 2 amide bonds. The number of guanidine groups is 1. The van der Waals surface area contributed by atoms with Gasteiger partial charge in [0.1, 0.15) is 11.2 Å². The molecule has 1 unspecified atom stereocenters. The number of hydrogen-bond acceptors (Lipinski definition) is 4. The summed E-state index contributed by atoms with van der Waals surface area (Å²) in [6.45, 7) is 20.4. The number of rotatable bonds is 3. The van der Waals surface area contributed by atoms with E-state index in [1.807, 2.05) is 20.8 Å². The molecule has 0 aromatic rings. The van der Waals surface area contributed by atoms with Gasteiger partial charge in [0.25, 0.3) is 0 Å². The lowest BCUT2D eigenvalue weighted by Crippen LogP contribution is -2.57. The van der Waals surface area contributed by atoms with Gasteiger partial charge in [0.15, 0.2) is 0 Å². The molecule has 0 saturated carbocycles. The Labute approximate surface area is 176 Å². The van der Waals surface area contributed by atoms with Gasteiger partial charge in [0, 0.05) is 5.54 Å². The maximum absolute atomic E-state index is 12.5. The quantitative estimate of drug-likeness (QED) is 0.405. The van der Waals surface area contributed by atoms with Crippen molar-refractivity contribution in [3.63, 3.8) is 0 Å². The van der Waals surface area contributed by atoms with Crippen molar-refractivity contribution in [1.82, 2.24) is 10.2 Å². The monoisotopic (exact) mass is 409 g/mol. The van der Waals surface area contributed by atoms with E-state index in [1.165, 1.54) is 0 Å². The molecule has 0 aliphatic heterocycles. The predicted molar refractivity (Wildman–Crippen MR) is 117 cm³/mol. The molecule has 7 heteroatoms. The molecule has 0 radical (unpaired) electrons. The van der Waals surface area contributed by atoms with E-state index in [4.69, 9.17) is 15.9 Å². The topological polar surface area (TPSA) is 80.2 Å². The summed E-state index contributed by atoms with van der Waals surface area (Å²) in [6.07, 6.45) is 4.92. The molecule has 0 aliphatic carbocycles. The fourth-order valence-corrected chi connectivity index (χ4v) is 2.54. The Morgan fingerprint density at radius 3 is 1.83 bits per heavy atom. The molecule has 0 aromatic heterocycles. The van der Waals surface area contributed by atoms with Crippen LogP contribution >= 0.6 is 0 Å². The first-order chi connectivity index (χ1) is 12.9. The molecular formula is C22H39N3O4. The molecule has 0 fully saturated rings. The van der Waals surface area contributed by atoms with E-state index in [-0.39, 0.29) is 5.96 Å². The smallest absolute Gasteiger partial charge is 0.437 e. The predicted octanol–water partition coefficient (Wildman–Crippen LogP) is 4.95. The van der Waals surface area contributed by atoms with Crippen molar-refractivity contribution in [2.45, 2.75) is 105 Å². The normalized spacial score (nSPS) is 14.1. The third-order valence-electron chi connectivity index (χ3n) is 3.35. The van der Waals surface area contributed by atoms with Gasteiger partial charge in [0.05, 0.1) is 6.04 Å². The summed E-state index contributed by atoms with van der Waals surface area (Å²) in [5.74, 6) is 3.07. The van der Waals surface area contributed by atoms with Gasteiger partial charge in [-0.05, 0) is 74.7 Å². The number of nitrogens with zero attached hydrogens (tertiary/aromatic N) is 2. The van der Waals surface area contributed by atoms with Crippen molar-refractivity contribution in [2.24, 2.45) is 10.9 Å². The highest BCUT2D eigenvalue weighted by atomic mass is 16.6. The number of carbonyl (C=O) groups excluding carboxylic acids is 2. The van der Waals surface area contributed by atoms with E-state index in [0.29, 0.717) is 12.3 Å². The maximum atomic E-state index is 12.5. The SMILES string of the molecule is C#CC(CC(C)C)N(C(=NC(=O)OC(C)(C)C)NC(=O)OC(C)(C)C)C(C)(C)C. The van der Waals surface area contributed by atoms with Crippen LogP contribution in [0.4, 0.5) is 9.59 Å². The molecule has 0 saturated heterocycles. The minimum absolute atomic E-state index is 0.00426. The molecule has 0 rings (SSSR count). The van der Waals surface area contributed by atoms with E-state index in [1.54, 1.807) is 46.4 Å². The molecule has 29 heavy (non-hydrogen) atoms. The molecule has 0 heterocycles. The zero-order valence-corrected chi connectivity index (χ0v) is 20.0. The van der Waals surface area contributed by atoms with Crippen LogP contribution in [-0.4, -0.2) is 45.8 Å². The van der Waals surface area contributed by atoms with Gasteiger partial charge in [-0.25, -0.2) is 9.59 Å². The summed E-state index contributed by atoms with van der Waals surface area (Å²) in [5.41, 5.74) is -1.98. The van der Waals surface area contributed by atoms with Crippen molar-refractivity contribution in [3.05, 3.63) is 0 Å². The molecular weight excluding hydrogens is 370 g/mol.